The highest BCUT2D eigenvalue weighted by atomic mass is 16.3. The van der Waals surface area contributed by atoms with E-state index in [2.05, 4.69) is 16.8 Å². The van der Waals surface area contributed by atoms with Gasteiger partial charge in [-0.25, -0.2) is 4.98 Å². The molecule has 2 rings (SSSR count). The van der Waals surface area contributed by atoms with E-state index in [9.17, 15) is 0 Å². The fraction of sp³-hybridized carbons (Fsp3) is 0.615. The van der Waals surface area contributed by atoms with Gasteiger partial charge in [-0.3, -0.25) is 0 Å². The highest BCUT2D eigenvalue weighted by Crippen LogP contribution is 2.31. The van der Waals surface area contributed by atoms with Crippen LogP contribution in [0.4, 0.5) is 5.82 Å². The van der Waals surface area contributed by atoms with E-state index in [1.807, 2.05) is 19.1 Å². The molecule has 3 nitrogen and oxygen atoms in total. The van der Waals surface area contributed by atoms with Crippen LogP contribution in [0.25, 0.3) is 0 Å². The lowest BCUT2D eigenvalue weighted by Crippen LogP contribution is -2.26. The van der Waals surface area contributed by atoms with Crippen molar-refractivity contribution < 1.29 is 5.11 Å². The number of rotatable bonds is 5. The molecule has 0 aromatic carbocycles. The van der Waals surface area contributed by atoms with E-state index < -0.39 is 0 Å². The SMILES string of the molecule is CCN(CC1CC1)c1ccc(CO)c(C)n1. The Bertz CT molecular complexity index is 361. The first-order chi connectivity index (χ1) is 7.74. The second kappa shape index (κ2) is 4.83. The van der Waals surface area contributed by atoms with Crippen LogP contribution in [-0.4, -0.2) is 23.2 Å². The van der Waals surface area contributed by atoms with Gasteiger partial charge in [-0.05, 0) is 44.2 Å². The lowest BCUT2D eigenvalue weighted by molar-refractivity contribution is 0.280. The molecule has 0 saturated heterocycles. The van der Waals surface area contributed by atoms with Gasteiger partial charge < -0.3 is 10.0 Å². The summed E-state index contributed by atoms with van der Waals surface area (Å²) in [6.45, 7) is 6.33. The number of pyridine rings is 1. The Kier molecular flexibility index (Phi) is 3.44. The molecule has 88 valence electrons. The Balaban J connectivity index is 2.13. The van der Waals surface area contributed by atoms with Crippen LogP contribution < -0.4 is 4.90 Å². The summed E-state index contributed by atoms with van der Waals surface area (Å²) in [7, 11) is 0. The largest absolute Gasteiger partial charge is 0.392 e. The van der Waals surface area contributed by atoms with Crippen LogP contribution in [0.2, 0.25) is 0 Å². The third-order valence-electron chi connectivity index (χ3n) is 3.23. The summed E-state index contributed by atoms with van der Waals surface area (Å²) in [4.78, 5) is 6.89. The molecule has 0 amide bonds. The molecule has 0 bridgehead atoms. The molecular weight excluding hydrogens is 200 g/mol. The Labute approximate surface area is 97.1 Å². The van der Waals surface area contributed by atoms with Crippen LogP contribution in [0.1, 0.15) is 31.0 Å². The fourth-order valence-corrected chi connectivity index (χ4v) is 1.92. The van der Waals surface area contributed by atoms with Crippen molar-refractivity contribution in [2.24, 2.45) is 5.92 Å². The van der Waals surface area contributed by atoms with Gasteiger partial charge in [0.1, 0.15) is 5.82 Å². The smallest absolute Gasteiger partial charge is 0.128 e. The monoisotopic (exact) mass is 220 g/mol. The Hall–Kier alpha value is -1.09. The van der Waals surface area contributed by atoms with Crippen LogP contribution in [0.15, 0.2) is 12.1 Å². The Morgan fingerprint density at radius 3 is 2.69 bits per heavy atom. The maximum Gasteiger partial charge on any atom is 0.128 e. The van der Waals surface area contributed by atoms with Crippen molar-refractivity contribution in [2.45, 2.75) is 33.3 Å². The molecule has 1 aromatic rings. The van der Waals surface area contributed by atoms with Crippen molar-refractivity contribution in [3.8, 4) is 0 Å². The molecule has 0 unspecified atom stereocenters. The van der Waals surface area contributed by atoms with Crippen molar-refractivity contribution in [3.05, 3.63) is 23.4 Å². The van der Waals surface area contributed by atoms with Gasteiger partial charge in [0, 0.05) is 18.8 Å². The van der Waals surface area contributed by atoms with Crippen molar-refractivity contribution in [3.63, 3.8) is 0 Å². The van der Waals surface area contributed by atoms with Crippen LogP contribution >= 0.6 is 0 Å². The van der Waals surface area contributed by atoms with Crippen LogP contribution in [0.3, 0.4) is 0 Å². The van der Waals surface area contributed by atoms with Crippen LogP contribution in [0, 0.1) is 12.8 Å². The molecule has 0 radical (unpaired) electrons. The van der Waals surface area contributed by atoms with E-state index in [0.29, 0.717) is 0 Å². The van der Waals surface area contributed by atoms with E-state index in [4.69, 9.17) is 5.11 Å². The average Bonchev–Trinajstić information content (AvgIpc) is 3.09. The van der Waals surface area contributed by atoms with E-state index in [0.717, 1.165) is 36.1 Å². The molecule has 3 heteroatoms. The third kappa shape index (κ3) is 2.53. The van der Waals surface area contributed by atoms with Gasteiger partial charge in [-0.1, -0.05) is 6.07 Å². The molecule has 1 fully saturated rings. The first-order valence-electron chi connectivity index (χ1n) is 6.07. The van der Waals surface area contributed by atoms with Gasteiger partial charge in [-0.2, -0.15) is 0 Å². The minimum atomic E-state index is 0.0772. The second-order valence-electron chi connectivity index (χ2n) is 4.55. The second-order valence-corrected chi connectivity index (χ2v) is 4.55. The summed E-state index contributed by atoms with van der Waals surface area (Å²) in [5.74, 6) is 1.92. The summed E-state index contributed by atoms with van der Waals surface area (Å²) in [5, 5.41) is 9.11. The molecule has 1 N–H and O–H groups in total. The maximum atomic E-state index is 9.11. The molecule has 1 saturated carbocycles. The third-order valence-corrected chi connectivity index (χ3v) is 3.23. The van der Waals surface area contributed by atoms with Gasteiger partial charge in [0.05, 0.1) is 6.61 Å². The summed E-state index contributed by atoms with van der Waals surface area (Å²) in [6, 6.07) is 4.00. The standard InChI is InChI=1S/C13H20N2O/c1-3-15(8-11-4-5-11)13-7-6-12(9-16)10(2)14-13/h6-7,11,16H,3-5,8-9H2,1-2H3. The summed E-state index contributed by atoms with van der Waals surface area (Å²) in [5.41, 5.74) is 1.86. The first-order valence-corrected chi connectivity index (χ1v) is 6.07. The van der Waals surface area contributed by atoms with Crippen LogP contribution in [-0.2, 0) is 6.61 Å². The average molecular weight is 220 g/mol. The summed E-state index contributed by atoms with van der Waals surface area (Å²) >= 11 is 0. The molecule has 1 aliphatic rings. The number of nitrogens with zero attached hydrogens (tertiary/aromatic N) is 2. The lowest BCUT2D eigenvalue weighted by Gasteiger charge is -2.22. The predicted octanol–water partition coefficient (Wildman–Crippen LogP) is 2.12. The topological polar surface area (TPSA) is 36.4 Å². The zero-order chi connectivity index (χ0) is 11.5. The Morgan fingerprint density at radius 1 is 1.44 bits per heavy atom. The van der Waals surface area contributed by atoms with E-state index in [-0.39, 0.29) is 6.61 Å². The van der Waals surface area contributed by atoms with E-state index in [1.54, 1.807) is 0 Å². The predicted molar refractivity (Wildman–Crippen MR) is 65.5 cm³/mol. The summed E-state index contributed by atoms with van der Waals surface area (Å²) < 4.78 is 0. The molecule has 1 aliphatic carbocycles. The molecular formula is C13H20N2O. The molecule has 0 spiro atoms. The van der Waals surface area contributed by atoms with Crippen LogP contribution in [0.5, 0.6) is 0 Å². The van der Waals surface area contributed by atoms with Crippen molar-refractivity contribution in [2.75, 3.05) is 18.0 Å². The lowest BCUT2D eigenvalue weighted by atomic mass is 10.2. The van der Waals surface area contributed by atoms with Gasteiger partial charge in [0.25, 0.3) is 0 Å². The fourth-order valence-electron chi connectivity index (χ4n) is 1.92. The zero-order valence-electron chi connectivity index (χ0n) is 10.1. The zero-order valence-corrected chi connectivity index (χ0v) is 10.1. The number of aryl methyl sites for hydroxylation is 1. The maximum absolute atomic E-state index is 9.11. The highest BCUT2D eigenvalue weighted by molar-refractivity contribution is 5.41. The minimum absolute atomic E-state index is 0.0772. The number of aliphatic hydroxyl groups is 1. The Morgan fingerprint density at radius 2 is 2.19 bits per heavy atom. The molecule has 16 heavy (non-hydrogen) atoms. The van der Waals surface area contributed by atoms with Crippen molar-refractivity contribution in [1.82, 2.24) is 4.98 Å². The number of aliphatic hydroxyl groups excluding tert-OH is 1. The van der Waals surface area contributed by atoms with Crippen molar-refractivity contribution in [1.29, 1.82) is 0 Å². The molecule has 1 aromatic heterocycles. The van der Waals surface area contributed by atoms with Gasteiger partial charge in [-0.15, -0.1) is 0 Å². The molecule has 0 aliphatic heterocycles. The molecule has 0 atom stereocenters. The van der Waals surface area contributed by atoms with E-state index >= 15 is 0 Å². The normalized spacial score (nSPS) is 15.2. The number of anilines is 1. The van der Waals surface area contributed by atoms with Crippen molar-refractivity contribution >= 4 is 5.82 Å². The van der Waals surface area contributed by atoms with Gasteiger partial charge in [0.2, 0.25) is 0 Å². The van der Waals surface area contributed by atoms with E-state index in [1.165, 1.54) is 12.8 Å². The highest BCUT2D eigenvalue weighted by Gasteiger charge is 2.24. The number of hydrogen-bond acceptors (Lipinski definition) is 3. The quantitative estimate of drug-likeness (QED) is 0.825. The van der Waals surface area contributed by atoms with Gasteiger partial charge >= 0.3 is 0 Å². The summed E-state index contributed by atoms with van der Waals surface area (Å²) in [6.07, 6.45) is 2.73. The number of aromatic nitrogens is 1. The van der Waals surface area contributed by atoms with Gasteiger partial charge in [0.15, 0.2) is 0 Å². The number of hydrogen-bond donors (Lipinski definition) is 1. The first kappa shape index (κ1) is 11.4. The minimum Gasteiger partial charge on any atom is -0.392 e. The molecule has 1 heterocycles.